The zero-order valence-electron chi connectivity index (χ0n) is 6.87. The fourth-order valence-electron chi connectivity index (χ4n) is 0.551. The summed E-state index contributed by atoms with van der Waals surface area (Å²) in [5.74, 6) is -0.428. The molecule has 66 valence electrons. The molecule has 0 aliphatic carbocycles. The Kier molecular flexibility index (Phi) is 2.44. The summed E-state index contributed by atoms with van der Waals surface area (Å²) in [6.07, 6.45) is 1.54. The third kappa shape index (κ3) is 2.28. The van der Waals surface area contributed by atoms with Gasteiger partial charge in [0.2, 0.25) is 0 Å². The predicted octanol–water partition coefficient (Wildman–Crippen LogP) is 0.853. The number of anilines is 1. The molecule has 1 aromatic heterocycles. The van der Waals surface area contributed by atoms with E-state index < -0.39 is 11.5 Å². The van der Waals surface area contributed by atoms with Crippen LogP contribution in [0, 0.1) is 0 Å². The van der Waals surface area contributed by atoms with Gasteiger partial charge in [0.15, 0.2) is 0 Å². The van der Waals surface area contributed by atoms with Crippen molar-refractivity contribution >= 4 is 23.1 Å². The first kappa shape index (κ1) is 9.15. The van der Waals surface area contributed by atoms with Gasteiger partial charge < -0.3 is 10.4 Å². The van der Waals surface area contributed by atoms with Crippen LogP contribution in [0.15, 0.2) is 11.6 Å². The maximum atomic E-state index is 11.1. The van der Waals surface area contributed by atoms with Gasteiger partial charge in [0.05, 0.1) is 11.9 Å². The molecule has 0 atom stereocenters. The average molecular weight is 186 g/mol. The lowest BCUT2D eigenvalue weighted by Gasteiger charge is -2.15. The van der Waals surface area contributed by atoms with Crippen LogP contribution in [-0.2, 0) is 4.79 Å². The predicted molar refractivity (Wildman–Crippen MR) is 47.0 cm³/mol. The molecule has 1 rings (SSSR count). The molecular weight excluding hydrogens is 176 g/mol. The van der Waals surface area contributed by atoms with Crippen molar-refractivity contribution in [2.75, 3.05) is 5.32 Å². The summed E-state index contributed by atoms with van der Waals surface area (Å²) in [5, 5.41) is 13.5. The number of rotatable bonds is 2. The van der Waals surface area contributed by atoms with Crippen LogP contribution in [0.1, 0.15) is 13.8 Å². The lowest BCUT2D eigenvalue weighted by Crippen LogP contribution is -2.36. The largest absolute Gasteiger partial charge is 0.381 e. The Hall–Kier alpha value is -0.940. The van der Waals surface area contributed by atoms with Gasteiger partial charge >= 0.3 is 0 Å². The molecule has 0 aliphatic heterocycles. The Bertz CT molecular complexity index is 263. The lowest BCUT2D eigenvalue weighted by atomic mass is 10.1. The van der Waals surface area contributed by atoms with Gasteiger partial charge in [-0.1, -0.05) is 0 Å². The van der Waals surface area contributed by atoms with Crippen molar-refractivity contribution in [2.24, 2.45) is 0 Å². The molecule has 0 radical (unpaired) electrons. The van der Waals surface area contributed by atoms with Gasteiger partial charge in [-0.15, -0.1) is 0 Å². The van der Waals surface area contributed by atoms with E-state index in [1.54, 1.807) is 5.38 Å². The maximum Gasteiger partial charge on any atom is 0.255 e. The van der Waals surface area contributed by atoms with Crippen molar-refractivity contribution in [1.29, 1.82) is 0 Å². The van der Waals surface area contributed by atoms with Gasteiger partial charge in [0, 0.05) is 5.38 Å². The first-order valence-electron chi connectivity index (χ1n) is 3.43. The van der Waals surface area contributed by atoms with Crippen molar-refractivity contribution in [3.63, 3.8) is 0 Å². The first-order chi connectivity index (χ1) is 5.50. The molecule has 0 fully saturated rings. The summed E-state index contributed by atoms with van der Waals surface area (Å²) < 4.78 is 3.80. The molecule has 1 heterocycles. The minimum atomic E-state index is -1.35. The number of hydrogen-bond donors (Lipinski definition) is 2. The Morgan fingerprint density at radius 3 is 2.83 bits per heavy atom. The van der Waals surface area contributed by atoms with Crippen LogP contribution in [-0.4, -0.2) is 21.0 Å². The minimum absolute atomic E-state index is 0.428. The lowest BCUT2D eigenvalue weighted by molar-refractivity contribution is -0.130. The fraction of sp³-hybridized carbons (Fsp3) is 0.429. The smallest absolute Gasteiger partial charge is 0.255 e. The number of amides is 1. The molecule has 0 saturated carbocycles. The zero-order chi connectivity index (χ0) is 9.19. The third-order valence-electron chi connectivity index (χ3n) is 1.25. The van der Waals surface area contributed by atoms with E-state index in [0.29, 0.717) is 5.69 Å². The number of carbonyl (C=O) groups excluding carboxylic acids is 1. The van der Waals surface area contributed by atoms with Crippen molar-refractivity contribution in [2.45, 2.75) is 19.4 Å². The second-order valence-corrected chi connectivity index (χ2v) is 3.58. The third-order valence-corrected chi connectivity index (χ3v) is 1.83. The summed E-state index contributed by atoms with van der Waals surface area (Å²) in [4.78, 5) is 11.1. The molecule has 0 unspecified atom stereocenters. The van der Waals surface area contributed by atoms with Gasteiger partial charge in [0.1, 0.15) is 5.60 Å². The second kappa shape index (κ2) is 3.20. The number of nitrogens with one attached hydrogen (secondary N) is 1. The van der Waals surface area contributed by atoms with E-state index in [4.69, 9.17) is 0 Å². The topological polar surface area (TPSA) is 62.2 Å². The summed E-state index contributed by atoms with van der Waals surface area (Å²) in [6, 6.07) is 0. The molecule has 2 N–H and O–H groups in total. The SMILES string of the molecule is CC(C)(O)C(=O)Nc1cnsc1. The van der Waals surface area contributed by atoms with Gasteiger partial charge in [-0.25, -0.2) is 0 Å². The van der Waals surface area contributed by atoms with Crippen LogP contribution >= 0.6 is 11.5 Å². The molecule has 0 aromatic carbocycles. The van der Waals surface area contributed by atoms with Crippen LogP contribution in [0.5, 0.6) is 0 Å². The van der Waals surface area contributed by atoms with E-state index in [1.807, 2.05) is 0 Å². The number of carbonyl (C=O) groups is 1. The standard InChI is InChI=1S/C7H10N2O2S/c1-7(2,11)6(10)9-5-3-8-12-4-5/h3-4,11H,1-2H3,(H,9,10). The summed E-state index contributed by atoms with van der Waals surface area (Å²) in [5.41, 5.74) is -0.728. The Balaban J connectivity index is 2.60. The molecule has 0 saturated heterocycles. The second-order valence-electron chi connectivity index (χ2n) is 2.93. The van der Waals surface area contributed by atoms with E-state index in [1.165, 1.54) is 31.6 Å². The van der Waals surface area contributed by atoms with Crippen molar-refractivity contribution in [1.82, 2.24) is 4.37 Å². The highest BCUT2D eigenvalue weighted by molar-refractivity contribution is 7.04. The van der Waals surface area contributed by atoms with Gasteiger partial charge in [0.25, 0.3) is 5.91 Å². The molecule has 1 amide bonds. The van der Waals surface area contributed by atoms with Crippen LogP contribution in [0.4, 0.5) is 5.69 Å². The van der Waals surface area contributed by atoms with Crippen LogP contribution in [0.25, 0.3) is 0 Å². The highest BCUT2D eigenvalue weighted by Crippen LogP contribution is 2.11. The van der Waals surface area contributed by atoms with Gasteiger partial charge in [-0.3, -0.25) is 4.79 Å². The number of aromatic nitrogens is 1. The Morgan fingerprint density at radius 2 is 2.42 bits per heavy atom. The molecule has 4 nitrogen and oxygen atoms in total. The molecule has 5 heteroatoms. The average Bonchev–Trinajstić information content (AvgIpc) is 2.37. The van der Waals surface area contributed by atoms with E-state index in [2.05, 4.69) is 9.69 Å². The van der Waals surface area contributed by atoms with E-state index in [0.717, 1.165) is 0 Å². The van der Waals surface area contributed by atoms with Crippen LogP contribution in [0.3, 0.4) is 0 Å². The molecular formula is C7H10N2O2S. The Labute approximate surface area is 74.4 Å². The Morgan fingerprint density at radius 1 is 1.75 bits per heavy atom. The molecule has 0 spiro atoms. The van der Waals surface area contributed by atoms with Crippen molar-refractivity contribution in [3.05, 3.63) is 11.6 Å². The zero-order valence-corrected chi connectivity index (χ0v) is 7.68. The van der Waals surface area contributed by atoms with Crippen LogP contribution < -0.4 is 5.32 Å². The van der Waals surface area contributed by atoms with Gasteiger partial charge in [-0.05, 0) is 25.4 Å². The highest BCUT2D eigenvalue weighted by atomic mass is 32.1. The maximum absolute atomic E-state index is 11.1. The summed E-state index contributed by atoms with van der Waals surface area (Å²) in [7, 11) is 0. The normalized spacial score (nSPS) is 11.2. The van der Waals surface area contributed by atoms with E-state index in [9.17, 15) is 9.90 Å². The van der Waals surface area contributed by atoms with Crippen molar-refractivity contribution < 1.29 is 9.90 Å². The quantitative estimate of drug-likeness (QED) is 0.719. The van der Waals surface area contributed by atoms with E-state index >= 15 is 0 Å². The van der Waals surface area contributed by atoms with Gasteiger partial charge in [-0.2, -0.15) is 4.37 Å². The number of nitrogens with zero attached hydrogens (tertiary/aromatic N) is 1. The molecule has 0 aliphatic rings. The monoisotopic (exact) mass is 186 g/mol. The summed E-state index contributed by atoms with van der Waals surface area (Å²) in [6.45, 7) is 2.87. The molecule has 12 heavy (non-hydrogen) atoms. The molecule has 1 aromatic rings. The highest BCUT2D eigenvalue weighted by Gasteiger charge is 2.23. The number of hydrogen-bond acceptors (Lipinski definition) is 4. The summed E-state index contributed by atoms with van der Waals surface area (Å²) >= 11 is 1.25. The van der Waals surface area contributed by atoms with Crippen LogP contribution in [0.2, 0.25) is 0 Å². The minimum Gasteiger partial charge on any atom is -0.381 e. The fourth-order valence-corrected chi connectivity index (χ4v) is 1.02. The van der Waals surface area contributed by atoms with Crippen molar-refractivity contribution in [3.8, 4) is 0 Å². The molecule has 0 bridgehead atoms. The first-order valence-corrected chi connectivity index (χ1v) is 4.27. The van der Waals surface area contributed by atoms with E-state index in [-0.39, 0.29) is 0 Å². The number of aliphatic hydroxyl groups is 1.